The fraction of sp³-hybridized carbons (Fsp3) is 0.571. The smallest absolute Gasteiger partial charge is 0.136 e. The minimum atomic E-state index is -0.210. The summed E-state index contributed by atoms with van der Waals surface area (Å²) >= 11 is 0. The molecule has 2 aromatic carbocycles. The molecule has 0 radical (unpaired) electrons. The van der Waals surface area contributed by atoms with Gasteiger partial charge in [0.05, 0.1) is 12.7 Å². The Morgan fingerprint density at radius 2 is 1.54 bits per heavy atom. The minimum absolute atomic E-state index is 0.105. The molecule has 0 aromatic heterocycles. The quantitative estimate of drug-likeness (QED) is 0.376. The van der Waals surface area contributed by atoms with E-state index in [-0.39, 0.29) is 10.8 Å². The van der Waals surface area contributed by atoms with Gasteiger partial charge in [-0.15, -0.1) is 0 Å². The number of ketones is 1. The summed E-state index contributed by atoms with van der Waals surface area (Å²) in [5, 5.41) is 0. The van der Waals surface area contributed by atoms with E-state index in [9.17, 15) is 4.79 Å². The number of rotatable bonds is 6. The number of benzene rings is 2. The van der Waals surface area contributed by atoms with Crippen LogP contribution < -0.4 is 0 Å². The second kappa shape index (κ2) is 9.53. The lowest BCUT2D eigenvalue weighted by molar-refractivity contribution is -0.140. The zero-order valence-electron chi connectivity index (χ0n) is 23.0. The first-order valence-electron chi connectivity index (χ1n) is 14.8. The molecule has 4 aliphatic carbocycles. The van der Waals surface area contributed by atoms with E-state index in [2.05, 4.69) is 80.6 Å². The fourth-order valence-electron chi connectivity index (χ4n) is 9.63. The molecule has 0 aliphatic heterocycles. The maximum Gasteiger partial charge on any atom is 0.136 e. The highest BCUT2D eigenvalue weighted by molar-refractivity contribution is 5.84. The van der Waals surface area contributed by atoms with Gasteiger partial charge in [-0.05, 0) is 104 Å². The molecule has 0 bridgehead atoms. The van der Waals surface area contributed by atoms with Crippen molar-refractivity contribution in [3.63, 3.8) is 0 Å². The van der Waals surface area contributed by atoms with E-state index >= 15 is 0 Å². The first kappa shape index (κ1) is 25.1. The van der Waals surface area contributed by atoms with Crippen LogP contribution in [0.4, 0.5) is 0 Å². The predicted octanol–water partition coefficient (Wildman–Crippen LogP) is 8.35. The van der Waals surface area contributed by atoms with E-state index in [1.54, 1.807) is 5.57 Å². The van der Waals surface area contributed by atoms with E-state index in [1.807, 2.05) is 6.92 Å². The number of carbonyl (C=O) groups excluding carboxylic acids is 1. The normalized spacial score (nSPS) is 38.7. The van der Waals surface area contributed by atoms with E-state index in [0.717, 1.165) is 38.2 Å². The van der Waals surface area contributed by atoms with Crippen molar-refractivity contribution in [2.45, 2.75) is 91.3 Å². The maximum absolute atomic E-state index is 13.5. The summed E-state index contributed by atoms with van der Waals surface area (Å²) < 4.78 is 6.42. The van der Waals surface area contributed by atoms with Gasteiger partial charge in [0.15, 0.2) is 0 Å². The van der Waals surface area contributed by atoms with Crippen molar-refractivity contribution < 1.29 is 9.53 Å². The Morgan fingerprint density at radius 1 is 0.865 bits per heavy atom. The van der Waals surface area contributed by atoms with Gasteiger partial charge in [-0.3, -0.25) is 4.79 Å². The molecule has 7 unspecified atom stereocenters. The largest absolute Gasteiger partial charge is 0.373 e. The molecule has 3 fully saturated rings. The third kappa shape index (κ3) is 4.06. The third-order valence-corrected chi connectivity index (χ3v) is 11.8. The van der Waals surface area contributed by atoms with Crippen LogP contribution in [0.3, 0.4) is 0 Å². The molecular formula is C35H44O2. The van der Waals surface area contributed by atoms with Crippen LogP contribution in [-0.4, -0.2) is 11.9 Å². The summed E-state index contributed by atoms with van der Waals surface area (Å²) in [6, 6.07) is 21.4. The molecule has 4 aliphatic rings. The lowest BCUT2D eigenvalue weighted by Gasteiger charge is -2.59. The topological polar surface area (TPSA) is 26.3 Å². The van der Waals surface area contributed by atoms with Crippen molar-refractivity contribution in [2.24, 2.45) is 34.0 Å². The van der Waals surface area contributed by atoms with Crippen LogP contribution in [0.15, 0.2) is 72.3 Å². The second-order valence-electron chi connectivity index (χ2n) is 13.2. The Labute approximate surface area is 223 Å². The predicted molar refractivity (Wildman–Crippen MR) is 150 cm³/mol. The number of Topliss-reactive ketones (excluding diaryl/α,β-unsaturated/α-hetero) is 1. The standard InChI is InChI=1S/C35H44O2/c1-25(36)35(23-26-10-6-4-7-11-26)21-18-32-30-15-14-28-22-29(37-24-27-12-8-5-9-13-27)16-19-33(28,2)31(30)17-20-34(32,35)3/h4-14,29-32H,15-24H2,1-3H3. The number of ether oxygens (including phenoxy) is 1. The van der Waals surface area contributed by atoms with Crippen molar-refractivity contribution in [3.05, 3.63) is 83.4 Å². The highest BCUT2D eigenvalue weighted by Gasteiger charge is 2.65. The summed E-state index contributed by atoms with van der Waals surface area (Å²) in [5.74, 6) is 2.54. The molecule has 3 saturated carbocycles. The molecule has 0 saturated heterocycles. The van der Waals surface area contributed by atoms with Crippen molar-refractivity contribution in [1.29, 1.82) is 0 Å². The van der Waals surface area contributed by atoms with Gasteiger partial charge in [0.1, 0.15) is 5.78 Å². The highest BCUT2D eigenvalue weighted by atomic mass is 16.5. The molecule has 6 rings (SSSR count). The molecule has 2 heteroatoms. The Bertz CT molecular complexity index is 1150. The zero-order chi connectivity index (χ0) is 25.7. The van der Waals surface area contributed by atoms with Gasteiger partial charge in [-0.25, -0.2) is 0 Å². The Balaban J connectivity index is 1.21. The van der Waals surface area contributed by atoms with E-state index in [1.165, 1.54) is 43.2 Å². The van der Waals surface area contributed by atoms with Gasteiger partial charge in [-0.1, -0.05) is 86.2 Å². The lowest BCUT2D eigenvalue weighted by Crippen LogP contribution is -2.54. The molecule has 37 heavy (non-hydrogen) atoms. The van der Waals surface area contributed by atoms with Crippen molar-refractivity contribution in [1.82, 2.24) is 0 Å². The van der Waals surface area contributed by atoms with E-state index < -0.39 is 0 Å². The molecule has 0 heterocycles. The summed E-state index contributed by atoms with van der Waals surface area (Å²) in [6.07, 6.45) is 13.3. The summed E-state index contributed by atoms with van der Waals surface area (Å²) in [4.78, 5) is 13.5. The number of fused-ring (bicyclic) bond motifs is 5. The Kier molecular flexibility index (Phi) is 6.46. The number of carbonyl (C=O) groups is 1. The Hall–Kier alpha value is -2.19. The molecule has 2 nitrogen and oxygen atoms in total. The molecule has 0 spiro atoms. The van der Waals surface area contributed by atoms with Crippen molar-refractivity contribution >= 4 is 5.78 Å². The monoisotopic (exact) mass is 496 g/mol. The van der Waals surface area contributed by atoms with Crippen LogP contribution in [0, 0.1) is 34.0 Å². The summed E-state index contributed by atoms with van der Waals surface area (Å²) in [6.45, 7) is 7.68. The van der Waals surface area contributed by atoms with Crippen LogP contribution in [0.25, 0.3) is 0 Å². The van der Waals surface area contributed by atoms with Gasteiger partial charge in [-0.2, -0.15) is 0 Å². The van der Waals surface area contributed by atoms with Crippen molar-refractivity contribution in [3.8, 4) is 0 Å². The van der Waals surface area contributed by atoms with Crippen LogP contribution in [0.5, 0.6) is 0 Å². The van der Waals surface area contributed by atoms with Gasteiger partial charge in [0, 0.05) is 5.41 Å². The SMILES string of the molecule is CC(=O)C1(Cc2ccccc2)CCC2C3CC=C4CC(OCc5ccccc5)CCC4(C)C3CCC21C. The van der Waals surface area contributed by atoms with Gasteiger partial charge >= 0.3 is 0 Å². The Morgan fingerprint density at radius 3 is 2.24 bits per heavy atom. The molecule has 2 aromatic rings. The van der Waals surface area contributed by atoms with Crippen LogP contribution in [0.2, 0.25) is 0 Å². The van der Waals surface area contributed by atoms with Crippen LogP contribution >= 0.6 is 0 Å². The van der Waals surface area contributed by atoms with Gasteiger partial charge < -0.3 is 4.74 Å². The number of allylic oxidation sites excluding steroid dienone is 1. The lowest BCUT2D eigenvalue weighted by atomic mass is 9.45. The molecule has 0 N–H and O–H groups in total. The summed E-state index contributed by atoms with van der Waals surface area (Å²) in [7, 11) is 0. The fourth-order valence-corrected chi connectivity index (χ4v) is 9.63. The number of hydrogen-bond donors (Lipinski definition) is 0. The molecule has 7 atom stereocenters. The third-order valence-electron chi connectivity index (χ3n) is 11.8. The van der Waals surface area contributed by atoms with E-state index in [0.29, 0.717) is 29.1 Å². The minimum Gasteiger partial charge on any atom is -0.373 e. The maximum atomic E-state index is 13.5. The molecular weight excluding hydrogens is 452 g/mol. The number of hydrogen-bond acceptors (Lipinski definition) is 2. The zero-order valence-corrected chi connectivity index (χ0v) is 23.0. The first-order chi connectivity index (χ1) is 17.9. The van der Waals surface area contributed by atoms with Gasteiger partial charge in [0.2, 0.25) is 0 Å². The first-order valence-corrected chi connectivity index (χ1v) is 14.8. The summed E-state index contributed by atoms with van der Waals surface area (Å²) in [5.41, 5.74) is 4.46. The van der Waals surface area contributed by atoms with Crippen LogP contribution in [0.1, 0.15) is 83.3 Å². The highest BCUT2D eigenvalue weighted by Crippen LogP contribution is 2.70. The van der Waals surface area contributed by atoms with Crippen LogP contribution in [-0.2, 0) is 22.6 Å². The average molecular weight is 497 g/mol. The molecule has 196 valence electrons. The van der Waals surface area contributed by atoms with Crippen molar-refractivity contribution in [2.75, 3.05) is 0 Å². The molecule has 0 amide bonds. The van der Waals surface area contributed by atoms with Gasteiger partial charge in [0.25, 0.3) is 0 Å². The van der Waals surface area contributed by atoms with E-state index in [4.69, 9.17) is 4.74 Å². The second-order valence-corrected chi connectivity index (χ2v) is 13.2. The average Bonchev–Trinajstić information content (AvgIpc) is 3.21.